The molecule has 18 heteroatoms. The van der Waals surface area contributed by atoms with Crippen LogP contribution >= 0.6 is 44.8 Å². The van der Waals surface area contributed by atoms with Gasteiger partial charge in [0.25, 0.3) is 0 Å². The molecule has 0 aromatic heterocycles. The monoisotopic (exact) mass is 964 g/mol. The molecule has 3 N–H and O–H groups in total. The quantitative estimate of drug-likeness (QED) is 0.0539. The van der Waals surface area contributed by atoms with Crippen molar-refractivity contribution < 1.29 is 67.7 Å². The molecular formula is C46H54Cl2O14S2. The van der Waals surface area contributed by atoms with Gasteiger partial charge in [0.1, 0.15) is 41.1 Å². The maximum Gasteiger partial charge on any atom is 0.509 e. The highest BCUT2D eigenvalue weighted by atomic mass is 35.5. The van der Waals surface area contributed by atoms with Gasteiger partial charge in [-0.1, -0.05) is 120 Å². The lowest BCUT2D eigenvalue weighted by Crippen LogP contribution is -2.81. The van der Waals surface area contributed by atoms with E-state index in [1.54, 1.807) is 82.3 Å². The van der Waals surface area contributed by atoms with Crippen LogP contribution in [-0.2, 0) is 42.8 Å². The Hall–Kier alpha value is -3.61. The van der Waals surface area contributed by atoms with Gasteiger partial charge in [-0.05, 0) is 49.1 Å². The largest absolute Gasteiger partial charge is 0.509 e. The fourth-order valence-corrected chi connectivity index (χ4v) is 11.9. The summed E-state index contributed by atoms with van der Waals surface area (Å²) >= 11 is 11.3. The summed E-state index contributed by atoms with van der Waals surface area (Å²) in [7, 11) is 2.98. The fourth-order valence-electron chi connectivity index (χ4n) is 9.90. The molecule has 0 radical (unpaired) electrons. The molecule has 4 aliphatic rings. The van der Waals surface area contributed by atoms with Gasteiger partial charge >= 0.3 is 24.1 Å². The number of Topliss-reactive ketones (excluding diaryl/α,β-unsaturated/α-hetero) is 1. The van der Waals surface area contributed by atoms with E-state index in [-0.39, 0.29) is 40.8 Å². The number of rotatable bonds is 15. The zero-order chi connectivity index (χ0) is 46.8. The van der Waals surface area contributed by atoms with E-state index in [0.29, 0.717) is 17.7 Å². The standard InChI is InChI=1S/C46H54Cl2O14S2/c1-25(28-14-9-7-10-15-28)36(60-42(55)57-19-21-64-63-20-13-18-33(47)48)41(54)59-30-23-46(56)39(61-40(53)29-16-11-8-12-17-29)37-44(6,38(52)35(51)34(26(30)2)43(46,4)5)31(50)22-32-45(37,24-58-32)62-27(3)49/h7-12,14-18,25,30-32,35-37,39,50-51,56H,13,19-24H2,1-6H3/t25-,30-,31-,32+,35+,36+,37-,39-,44+,45-,46+/m0/s1. The summed E-state index contributed by atoms with van der Waals surface area (Å²) in [5.41, 5.74) is -6.81. The molecule has 348 valence electrons. The average molecular weight is 966 g/mol. The first kappa shape index (κ1) is 49.8. The van der Waals surface area contributed by atoms with E-state index in [9.17, 15) is 34.5 Å². The average Bonchev–Trinajstić information content (AvgIpc) is 3.25. The lowest BCUT2D eigenvalue weighted by Gasteiger charge is -2.67. The van der Waals surface area contributed by atoms with Crippen LogP contribution in [0.1, 0.15) is 82.6 Å². The Morgan fingerprint density at radius 2 is 1.61 bits per heavy atom. The minimum atomic E-state index is -2.34. The van der Waals surface area contributed by atoms with Gasteiger partial charge in [-0.25, -0.2) is 14.4 Å². The molecular weight excluding hydrogens is 912 g/mol. The maximum atomic E-state index is 15.1. The Kier molecular flexibility index (Phi) is 15.6. The van der Waals surface area contributed by atoms with Gasteiger partial charge in [0.2, 0.25) is 6.10 Å². The summed E-state index contributed by atoms with van der Waals surface area (Å²) in [6, 6.07) is 16.7. The normalized spacial score (nSPS) is 31.3. The SMILES string of the molecule is CC(=O)O[C@@]12CO[C@@H]1C[C@H](O)[C@@]1(C)C(=O)[C@H](O)C3=C(C)[C@@H](OC(=O)[C@H](OC(=O)OCCSSCCC=C(Cl)Cl)[C@@H](C)c4ccccc4)C[C@@](O)([C@@H](OC(=O)c4ccccc4)[C@H]21)C3(C)C. The van der Waals surface area contributed by atoms with E-state index in [4.69, 9.17) is 51.6 Å². The van der Waals surface area contributed by atoms with Gasteiger partial charge in [0.05, 0.1) is 29.6 Å². The van der Waals surface area contributed by atoms with Crippen molar-refractivity contribution in [1.29, 1.82) is 0 Å². The number of ether oxygens (including phenoxy) is 6. The van der Waals surface area contributed by atoms with Gasteiger partial charge in [-0.15, -0.1) is 0 Å². The van der Waals surface area contributed by atoms with Crippen molar-refractivity contribution in [3.05, 3.63) is 93.5 Å². The smallest absolute Gasteiger partial charge is 0.455 e. The van der Waals surface area contributed by atoms with Crippen molar-refractivity contribution in [2.45, 2.75) is 115 Å². The molecule has 14 nitrogen and oxygen atoms in total. The van der Waals surface area contributed by atoms with Gasteiger partial charge in [-0.2, -0.15) is 0 Å². The van der Waals surface area contributed by atoms with Crippen molar-refractivity contribution in [2.75, 3.05) is 24.7 Å². The number of hydrogen-bond acceptors (Lipinski definition) is 16. The van der Waals surface area contributed by atoms with Crippen LogP contribution in [-0.4, -0.2) is 118 Å². The molecule has 2 aromatic rings. The van der Waals surface area contributed by atoms with Crippen LogP contribution in [0.25, 0.3) is 0 Å². The topological polar surface area (TPSA) is 201 Å². The molecule has 2 aromatic carbocycles. The van der Waals surface area contributed by atoms with E-state index >= 15 is 4.79 Å². The van der Waals surface area contributed by atoms with Crippen molar-refractivity contribution in [2.24, 2.45) is 16.7 Å². The lowest BCUT2D eigenvalue weighted by atomic mass is 9.44. The van der Waals surface area contributed by atoms with Crippen molar-refractivity contribution >= 4 is 74.6 Å². The number of halogens is 2. The predicted octanol–water partition coefficient (Wildman–Crippen LogP) is 7.05. The lowest BCUT2D eigenvalue weighted by molar-refractivity contribution is -0.346. The molecule has 2 bridgehead atoms. The second-order valence-corrected chi connectivity index (χ2v) is 21.1. The number of ketones is 1. The highest BCUT2D eigenvalue weighted by molar-refractivity contribution is 8.76. The van der Waals surface area contributed by atoms with E-state index in [1.165, 1.54) is 47.6 Å². The zero-order valence-electron chi connectivity index (χ0n) is 36.3. The Morgan fingerprint density at radius 3 is 2.22 bits per heavy atom. The summed E-state index contributed by atoms with van der Waals surface area (Å²) in [5, 5.41) is 37.8. The number of aliphatic hydroxyl groups excluding tert-OH is 2. The minimum absolute atomic E-state index is 0.0321. The first-order chi connectivity index (χ1) is 30.2. The molecule has 11 atom stereocenters. The molecule has 1 aliphatic heterocycles. The summed E-state index contributed by atoms with van der Waals surface area (Å²) in [6.45, 7) is 8.61. The minimum Gasteiger partial charge on any atom is -0.455 e. The number of carbonyl (C=O) groups is 5. The van der Waals surface area contributed by atoms with Crippen molar-refractivity contribution in [3.8, 4) is 0 Å². The van der Waals surface area contributed by atoms with E-state index in [0.717, 1.165) is 5.75 Å². The second-order valence-electron chi connectivity index (χ2n) is 17.4. The van der Waals surface area contributed by atoms with Crippen molar-refractivity contribution in [3.63, 3.8) is 0 Å². The van der Waals surface area contributed by atoms with Crippen molar-refractivity contribution in [1.82, 2.24) is 0 Å². The van der Waals surface area contributed by atoms with Gasteiger partial charge in [0.15, 0.2) is 11.4 Å². The van der Waals surface area contributed by atoms with E-state index < -0.39 is 107 Å². The third kappa shape index (κ3) is 9.49. The highest BCUT2D eigenvalue weighted by Crippen LogP contribution is 2.64. The second kappa shape index (κ2) is 20.1. The molecule has 0 unspecified atom stereocenters. The molecule has 0 spiro atoms. The molecule has 64 heavy (non-hydrogen) atoms. The molecule has 2 saturated carbocycles. The first-order valence-electron chi connectivity index (χ1n) is 21.0. The van der Waals surface area contributed by atoms with Gasteiger partial charge in [0, 0.05) is 42.6 Å². The third-order valence-corrected chi connectivity index (χ3v) is 16.1. The number of benzene rings is 2. The van der Waals surface area contributed by atoms with Crippen LogP contribution in [0.15, 0.2) is 82.4 Å². The number of aliphatic hydroxyl groups is 3. The summed E-state index contributed by atoms with van der Waals surface area (Å²) in [4.78, 5) is 70.0. The number of carbonyl (C=O) groups excluding carboxylic acids is 5. The molecule has 6 rings (SSSR count). The molecule has 0 amide bonds. The Morgan fingerprint density at radius 1 is 0.969 bits per heavy atom. The Balaban J connectivity index is 1.39. The maximum absolute atomic E-state index is 15.1. The van der Waals surface area contributed by atoms with E-state index in [2.05, 4.69) is 0 Å². The fraction of sp³-hybridized carbons (Fsp3) is 0.543. The van der Waals surface area contributed by atoms with Crippen LogP contribution in [0.4, 0.5) is 4.79 Å². The summed E-state index contributed by atoms with van der Waals surface area (Å²) in [6.07, 6.45) is -8.77. The Labute approximate surface area is 390 Å². The molecule has 1 saturated heterocycles. The summed E-state index contributed by atoms with van der Waals surface area (Å²) in [5.74, 6) is -4.77. The Bertz CT molecular complexity index is 2130. The van der Waals surface area contributed by atoms with E-state index in [1.807, 2.05) is 0 Å². The number of allylic oxidation sites excluding steroid dienone is 1. The van der Waals surface area contributed by atoms with Crippen LogP contribution in [0.2, 0.25) is 0 Å². The third-order valence-electron chi connectivity index (χ3n) is 13.4. The van der Waals surface area contributed by atoms with Crippen LogP contribution in [0.5, 0.6) is 0 Å². The number of esters is 3. The zero-order valence-corrected chi connectivity index (χ0v) is 39.5. The molecule has 1 heterocycles. The van der Waals surface area contributed by atoms with Crippen LogP contribution < -0.4 is 0 Å². The predicted molar refractivity (Wildman–Crippen MR) is 239 cm³/mol. The van der Waals surface area contributed by atoms with Gasteiger partial charge < -0.3 is 43.7 Å². The van der Waals surface area contributed by atoms with Crippen LogP contribution in [0, 0.1) is 16.7 Å². The number of fused-ring (bicyclic) bond motifs is 5. The highest BCUT2D eigenvalue weighted by Gasteiger charge is 2.78. The first-order valence-corrected chi connectivity index (χ1v) is 24.2. The van der Waals surface area contributed by atoms with Gasteiger partial charge in [-0.3, -0.25) is 9.59 Å². The molecule has 3 fully saturated rings. The van der Waals surface area contributed by atoms with Crippen LogP contribution in [0.3, 0.4) is 0 Å². The molecule has 3 aliphatic carbocycles. The number of hydrogen-bond donors (Lipinski definition) is 3. The summed E-state index contributed by atoms with van der Waals surface area (Å²) < 4.78 is 35.7.